The van der Waals surface area contributed by atoms with E-state index in [9.17, 15) is 15.0 Å². The Morgan fingerprint density at radius 3 is 2.66 bits per heavy atom. The molecular weight excluding hydrogens is 436 g/mol. The third kappa shape index (κ3) is 4.56. The molecule has 1 amide bonds. The Bertz CT molecular complexity index is 893. The molecule has 0 aliphatic heterocycles. The lowest BCUT2D eigenvalue weighted by molar-refractivity contribution is -0.174. The average molecular weight is 483 g/mol. The molecule has 4 fully saturated rings. The Balaban J connectivity index is 1.21. The monoisotopic (exact) mass is 482 g/mol. The molecule has 1 aromatic heterocycles. The van der Waals surface area contributed by atoms with Crippen LogP contribution < -0.4 is 5.32 Å². The van der Waals surface area contributed by atoms with E-state index < -0.39 is 0 Å². The number of hydrogen-bond acceptors (Lipinski definition) is 4. The van der Waals surface area contributed by atoms with Crippen molar-refractivity contribution in [1.82, 2.24) is 10.3 Å². The lowest BCUT2D eigenvalue weighted by Crippen LogP contribution is -2.58. The van der Waals surface area contributed by atoms with E-state index in [1.807, 2.05) is 12.1 Å². The van der Waals surface area contributed by atoms with Crippen LogP contribution in [0.4, 0.5) is 0 Å². The van der Waals surface area contributed by atoms with Gasteiger partial charge in [-0.3, -0.25) is 9.78 Å². The molecule has 5 rings (SSSR count). The maximum absolute atomic E-state index is 12.5. The van der Waals surface area contributed by atoms with E-state index in [-0.39, 0.29) is 28.9 Å². The molecule has 10 atom stereocenters. The fourth-order valence-electron chi connectivity index (χ4n) is 9.53. The quantitative estimate of drug-likeness (QED) is 0.527. The van der Waals surface area contributed by atoms with Gasteiger partial charge in [0.2, 0.25) is 5.91 Å². The number of carbonyl (C=O) groups excluding carboxylic acids is 1. The second-order valence-corrected chi connectivity index (χ2v) is 13.1. The zero-order valence-electron chi connectivity index (χ0n) is 22.0. The summed E-state index contributed by atoms with van der Waals surface area (Å²) < 4.78 is 0. The molecule has 0 bridgehead atoms. The molecule has 194 valence electrons. The van der Waals surface area contributed by atoms with Gasteiger partial charge in [-0.05, 0) is 116 Å². The van der Waals surface area contributed by atoms with Gasteiger partial charge >= 0.3 is 0 Å². The molecule has 0 aromatic carbocycles. The molecule has 0 spiro atoms. The van der Waals surface area contributed by atoms with E-state index in [0.717, 1.165) is 37.7 Å². The van der Waals surface area contributed by atoms with Crippen molar-refractivity contribution in [2.45, 2.75) is 104 Å². The lowest BCUT2D eigenvalue weighted by Gasteiger charge is -2.62. The summed E-state index contributed by atoms with van der Waals surface area (Å²) in [5, 5.41) is 24.8. The van der Waals surface area contributed by atoms with Gasteiger partial charge in [-0.2, -0.15) is 0 Å². The van der Waals surface area contributed by atoms with Crippen LogP contribution in [0, 0.1) is 46.3 Å². The lowest BCUT2D eigenvalue weighted by atomic mass is 9.43. The Labute approximate surface area is 211 Å². The molecule has 5 heteroatoms. The van der Waals surface area contributed by atoms with Crippen LogP contribution in [0.3, 0.4) is 0 Å². The first-order valence-corrected chi connectivity index (χ1v) is 14.2. The van der Waals surface area contributed by atoms with Gasteiger partial charge in [0, 0.05) is 25.4 Å². The molecule has 1 heterocycles. The Morgan fingerprint density at radius 2 is 1.89 bits per heavy atom. The highest BCUT2D eigenvalue weighted by Gasteiger charge is 2.62. The predicted octanol–water partition coefficient (Wildman–Crippen LogP) is 5.10. The van der Waals surface area contributed by atoms with E-state index >= 15 is 0 Å². The Morgan fingerprint density at radius 1 is 1.11 bits per heavy atom. The molecule has 4 aliphatic carbocycles. The van der Waals surface area contributed by atoms with Crippen LogP contribution in [0.5, 0.6) is 0 Å². The van der Waals surface area contributed by atoms with Crippen molar-refractivity contribution in [3.63, 3.8) is 0 Å². The standard InChI is InChI=1S/C30H46N2O3/c1-19(6-9-27(35)32-18-20-5-4-14-31-17-20)23-7-8-24-28-25(11-13-30(23,24)3)29(2)12-10-22(33)15-21(29)16-26(28)34/h4-5,14,17,19,21-26,28,33-34H,6-13,15-16,18H2,1-3H3,(H,32,35)/t19-,21+,22-,23-,24+,25+,26+,28+,29+,30-/m1/s1. The number of carbonyl (C=O) groups is 1. The van der Waals surface area contributed by atoms with Crippen molar-refractivity contribution in [2.24, 2.45) is 46.3 Å². The maximum Gasteiger partial charge on any atom is 0.220 e. The minimum Gasteiger partial charge on any atom is -0.393 e. The highest BCUT2D eigenvalue weighted by atomic mass is 16.3. The second-order valence-electron chi connectivity index (χ2n) is 13.1. The Hall–Kier alpha value is -1.46. The maximum atomic E-state index is 12.5. The number of amides is 1. The third-order valence-electron chi connectivity index (χ3n) is 11.5. The van der Waals surface area contributed by atoms with Crippen LogP contribution in [-0.2, 0) is 11.3 Å². The number of aromatic nitrogens is 1. The van der Waals surface area contributed by atoms with Gasteiger partial charge in [0.05, 0.1) is 12.2 Å². The molecule has 0 unspecified atom stereocenters. The highest BCUT2D eigenvalue weighted by Crippen LogP contribution is 2.68. The highest BCUT2D eigenvalue weighted by molar-refractivity contribution is 5.75. The molecule has 0 radical (unpaired) electrons. The van der Waals surface area contributed by atoms with Gasteiger partial charge in [-0.1, -0.05) is 26.8 Å². The van der Waals surface area contributed by atoms with E-state index in [4.69, 9.17) is 0 Å². The van der Waals surface area contributed by atoms with Crippen LogP contribution in [-0.4, -0.2) is 33.3 Å². The van der Waals surface area contributed by atoms with E-state index in [1.165, 1.54) is 25.7 Å². The number of nitrogens with zero attached hydrogens (tertiary/aromatic N) is 1. The average Bonchev–Trinajstić information content (AvgIpc) is 3.20. The molecule has 5 nitrogen and oxygen atoms in total. The van der Waals surface area contributed by atoms with E-state index in [2.05, 4.69) is 31.1 Å². The van der Waals surface area contributed by atoms with Gasteiger partial charge in [-0.25, -0.2) is 0 Å². The van der Waals surface area contributed by atoms with Crippen molar-refractivity contribution in [3.05, 3.63) is 30.1 Å². The number of rotatable bonds is 6. The fourth-order valence-corrected chi connectivity index (χ4v) is 9.53. The first kappa shape index (κ1) is 25.2. The van der Waals surface area contributed by atoms with Gasteiger partial charge in [-0.15, -0.1) is 0 Å². The van der Waals surface area contributed by atoms with Crippen LogP contribution in [0.25, 0.3) is 0 Å². The molecule has 3 N–H and O–H groups in total. The van der Waals surface area contributed by atoms with Gasteiger partial charge < -0.3 is 15.5 Å². The summed E-state index contributed by atoms with van der Waals surface area (Å²) in [6.45, 7) is 7.89. The predicted molar refractivity (Wildman–Crippen MR) is 137 cm³/mol. The molecular formula is C30H46N2O3. The number of aliphatic hydroxyl groups excluding tert-OH is 2. The first-order valence-electron chi connectivity index (χ1n) is 14.2. The summed E-state index contributed by atoms with van der Waals surface area (Å²) in [5.74, 6) is 3.33. The van der Waals surface area contributed by atoms with Crippen LogP contribution in [0.15, 0.2) is 24.5 Å². The van der Waals surface area contributed by atoms with Gasteiger partial charge in [0.25, 0.3) is 0 Å². The van der Waals surface area contributed by atoms with Crippen molar-refractivity contribution in [3.8, 4) is 0 Å². The fraction of sp³-hybridized carbons (Fsp3) is 0.800. The minimum absolute atomic E-state index is 0.130. The number of fused-ring (bicyclic) bond motifs is 5. The van der Waals surface area contributed by atoms with Crippen LogP contribution in [0.1, 0.15) is 90.5 Å². The topological polar surface area (TPSA) is 82.5 Å². The van der Waals surface area contributed by atoms with Crippen LogP contribution in [0.2, 0.25) is 0 Å². The summed E-state index contributed by atoms with van der Waals surface area (Å²) in [6.07, 6.45) is 13.4. The first-order chi connectivity index (χ1) is 16.7. The summed E-state index contributed by atoms with van der Waals surface area (Å²) in [7, 11) is 0. The van der Waals surface area contributed by atoms with Crippen molar-refractivity contribution >= 4 is 5.91 Å². The van der Waals surface area contributed by atoms with Crippen molar-refractivity contribution < 1.29 is 15.0 Å². The van der Waals surface area contributed by atoms with Crippen molar-refractivity contribution in [2.75, 3.05) is 0 Å². The van der Waals surface area contributed by atoms with Gasteiger partial charge in [0.1, 0.15) is 0 Å². The summed E-state index contributed by atoms with van der Waals surface area (Å²) in [5.41, 5.74) is 1.58. The normalized spacial score (nSPS) is 43.5. The number of pyridine rings is 1. The van der Waals surface area contributed by atoms with E-state index in [0.29, 0.717) is 48.5 Å². The summed E-state index contributed by atoms with van der Waals surface area (Å²) in [4.78, 5) is 16.7. The molecule has 4 aliphatic rings. The SMILES string of the molecule is C[C@H](CCC(=O)NCc1cccnc1)[C@H]1CC[C@H]2[C@@H]3[C@@H](O)C[C@@H]4C[C@H](O)CC[C@]4(C)[C@H]3CC[C@]12C. The number of hydrogen-bond donors (Lipinski definition) is 3. The summed E-state index contributed by atoms with van der Waals surface area (Å²) >= 11 is 0. The molecule has 4 saturated carbocycles. The zero-order valence-corrected chi connectivity index (χ0v) is 22.0. The molecule has 35 heavy (non-hydrogen) atoms. The smallest absolute Gasteiger partial charge is 0.220 e. The molecule has 1 aromatic rings. The second kappa shape index (κ2) is 9.78. The van der Waals surface area contributed by atoms with Crippen molar-refractivity contribution in [1.29, 1.82) is 0 Å². The number of nitrogens with one attached hydrogen (secondary N) is 1. The molecule has 0 saturated heterocycles. The number of aliphatic hydroxyl groups is 2. The zero-order chi connectivity index (χ0) is 24.8. The summed E-state index contributed by atoms with van der Waals surface area (Å²) in [6, 6.07) is 3.89. The minimum atomic E-state index is -0.222. The van der Waals surface area contributed by atoms with E-state index in [1.54, 1.807) is 12.4 Å². The van der Waals surface area contributed by atoms with Crippen LogP contribution >= 0.6 is 0 Å². The third-order valence-corrected chi connectivity index (χ3v) is 11.5. The largest absolute Gasteiger partial charge is 0.393 e. The van der Waals surface area contributed by atoms with Gasteiger partial charge in [0.15, 0.2) is 0 Å². The Kier molecular flexibility index (Phi) is 7.04.